The first-order chi connectivity index (χ1) is 8.90. The Labute approximate surface area is 117 Å². The van der Waals surface area contributed by atoms with Crippen LogP contribution in [0.15, 0.2) is 34.4 Å². The van der Waals surface area contributed by atoms with Crippen LogP contribution >= 0.6 is 0 Å². The van der Waals surface area contributed by atoms with Gasteiger partial charge in [0.25, 0.3) is 0 Å². The molecule has 0 heterocycles. The summed E-state index contributed by atoms with van der Waals surface area (Å²) >= 11 is 0. The Kier molecular flexibility index (Phi) is 6.07. The highest BCUT2D eigenvalue weighted by Gasteiger charge is 2.17. The van der Waals surface area contributed by atoms with Crippen LogP contribution in [0, 0.1) is 0 Å². The monoisotopic (exact) mass is 262 g/mol. The lowest BCUT2D eigenvalue weighted by Crippen LogP contribution is -2.19. The molecule has 2 heteroatoms. The van der Waals surface area contributed by atoms with Crippen molar-refractivity contribution in [2.24, 2.45) is 0 Å². The molecule has 1 aliphatic carbocycles. The van der Waals surface area contributed by atoms with Crippen molar-refractivity contribution < 1.29 is 9.53 Å². The van der Waals surface area contributed by atoms with Crippen molar-refractivity contribution in [1.29, 1.82) is 0 Å². The summed E-state index contributed by atoms with van der Waals surface area (Å²) in [5.74, 6) is -0.199. The van der Waals surface area contributed by atoms with Gasteiger partial charge in [0.05, 0.1) is 0 Å². The molecule has 0 N–H and O–H groups in total. The summed E-state index contributed by atoms with van der Waals surface area (Å²) in [4.78, 5) is 11.3. The van der Waals surface area contributed by atoms with Crippen molar-refractivity contribution in [2.45, 2.75) is 66.4 Å². The summed E-state index contributed by atoms with van der Waals surface area (Å²) in [5.41, 5.74) is 5.31. The predicted octanol–water partition coefficient (Wildman–Crippen LogP) is 4.72. The Bertz CT molecular complexity index is 421. The van der Waals surface area contributed by atoms with Crippen molar-refractivity contribution in [2.75, 3.05) is 0 Å². The van der Waals surface area contributed by atoms with Gasteiger partial charge in [0.2, 0.25) is 0 Å². The normalized spacial score (nSPS) is 21.3. The highest BCUT2D eigenvalue weighted by atomic mass is 16.5. The van der Waals surface area contributed by atoms with Gasteiger partial charge >= 0.3 is 5.97 Å². The maximum Gasteiger partial charge on any atom is 0.303 e. The lowest BCUT2D eigenvalue weighted by molar-refractivity contribution is -0.144. The van der Waals surface area contributed by atoms with E-state index in [1.165, 1.54) is 29.2 Å². The van der Waals surface area contributed by atoms with E-state index in [9.17, 15) is 4.79 Å². The highest BCUT2D eigenvalue weighted by Crippen LogP contribution is 2.25. The molecule has 0 fully saturated rings. The molecule has 19 heavy (non-hydrogen) atoms. The zero-order valence-corrected chi connectivity index (χ0v) is 12.9. The number of rotatable bonds is 1. The van der Waals surface area contributed by atoms with E-state index in [1.54, 1.807) is 0 Å². The van der Waals surface area contributed by atoms with Gasteiger partial charge in [-0.15, -0.1) is 0 Å². The minimum atomic E-state index is -0.199. The van der Waals surface area contributed by atoms with Gasteiger partial charge in [-0.05, 0) is 52.5 Å². The third kappa shape index (κ3) is 5.46. The molecule has 1 aliphatic rings. The van der Waals surface area contributed by atoms with Crippen LogP contribution in [0.4, 0.5) is 0 Å². The minimum Gasteiger partial charge on any atom is -0.458 e. The number of allylic oxidation sites excluding steroid dienone is 4. The number of hydrogen-bond donors (Lipinski definition) is 0. The SMILES string of the molecule is CC(=O)O[C@@H]1CC(=C(C)C)CC=C(C)CCC=C1C. The van der Waals surface area contributed by atoms with Crippen LogP contribution in [-0.4, -0.2) is 12.1 Å². The Morgan fingerprint density at radius 1 is 1.21 bits per heavy atom. The van der Waals surface area contributed by atoms with Gasteiger partial charge in [0.1, 0.15) is 6.10 Å². The second kappa shape index (κ2) is 7.32. The first-order valence-corrected chi connectivity index (χ1v) is 7.05. The average Bonchev–Trinajstić information content (AvgIpc) is 2.31. The Morgan fingerprint density at radius 3 is 2.47 bits per heavy atom. The lowest BCUT2D eigenvalue weighted by atomic mass is 9.93. The number of ether oxygens (including phenoxy) is 1. The van der Waals surface area contributed by atoms with E-state index in [4.69, 9.17) is 4.74 Å². The maximum atomic E-state index is 11.3. The third-order valence-corrected chi connectivity index (χ3v) is 3.66. The fourth-order valence-corrected chi connectivity index (χ4v) is 2.27. The van der Waals surface area contributed by atoms with Crippen LogP contribution in [0.25, 0.3) is 0 Å². The van der Waals surface area contributed by atoms with E-state index in [-0.39, 0.29) is 12.1 Å². The van der Waals surface area contributed by atoms with Gasteiger partial charge < -0.3 is 4.74 Å². The Balaban J connectivity index is 3.01. The van der Waals surface area contributed by atoms with E-state index < -0.39 is 0 Å². The second-order valence-corrected chi connectivity index (χ2v) is 5.65. The Hall–Kier alpha value is -1.31. The second-order valence-electron chi connectivity index (χ2n) is 5.65. The minimum absolute atomic E-state index is 0.103. The predicted molar refractivity (Wildman–Crippen MR) is 79.9 cm³/mol. The number of carbonyl (C=O) groups is 1. The summed E-state index contributed by atoms with van der Waals surface area (Å²) < 4.78 is 5.48. The molecule has 1 rings (SSSR count). The van der Waals surface area contributed by atoms with Crippen molar-refractivity contribution in [3.05, 3.63) is 34.4 Å². The molecular weight excluding hydrogens is 236 g/mol. The van der Waals surface area contributed by atoms with Gasteiger partial charge in [-0.2, -0.15) is 0 Å². The summed E-state index contributed by atoms with van der Waals surface area (Å²) in [7, 11) is 0. The van der Waals surface area contributed by atoms with Crippen LogP contribution in [0.2, 0.25) is 0 Å². The molecule has 0 aromatic heterocycles. The summed E-state index contributed by atoms with van der Waals surface area (Å²) in [6, 6.07) is 0. The molecule has 0 aromatic rings. The molecule has 1 atom stereocenters. The largest absolute Gasteiger partial charge is 0.458 e. The average molecular weight is 262 g/mol. The van der Waals surface area contributed by atoms with E-state index in [0.717, 1.165) is 25.7 Å². The number of esters is 1. The molecule has 0 aromatic carbocycles. The van der Waals surface area contributed by atoms with Gasteiger partial charge in [-0.25, -0.2) is 0 Å². The molecule has 2 nitrogen and oxygen atoms in total. The smallest absolute Gasteiger partial charge is 0.303 e. The summed E-state index contributed by atoms with van der Waals surface area (Å²) in [6.45, 7) is 10.0. The van der Waals surface area contributed by atoms with Crippen LogP contribution in [0.1, 0.15) is 60.3 Å². The quantitative estimate of drug-likeness (QED) is 0.505. The van der Waals surface area contributed by atoms with Gasteiger partial charge in [0, 0.05) is 13.3 Å². The molecular formula is C17H26O2. The number of hydrogen-bond acceptors (Lipinski definition) is 2. The van der Waals surface area contributed by atoms with Crippen LogP contribution in [0.5, 0.6) is 0 Å². The van der Waals surface area contributed by atoms with E-state index >= 15 is 0 Å². The number of carbonyl (C=O) groups excluding carboxylic acids is 1. The fourth-order valence-electron chi connectivity index (χ4n) is 2.27. The first kappa shape index (κ1) is 15.7. The van der Waals surface area contributed by atoms with Gasteiger partial charge in [0.15, 0.2) is 0 Å². The summed E-state index contributed by atoms with van der Waals surface area (Å²) in [6.07, 6.45) is 8.30. The van der Waals surface area contributed by atoms with Crippen LogP contribution in [0.3, 0.4) is 0 Å². The lowest BCUT2D eigenvalue weighted by Gasteiger charge is -2.21. The molecule has 0 spiro atoms. The highest BCUT2D eigenvalue weighted by molar-refractivity contribution is 5.66. The van der Waals surface area contributed by atoms with Crippen LogP contribution in [-0.2, 0) is 9.53 Å². The molecule has 0 saturated carbocycles. The molecule has 0 radical (unpaired) electrons. The molecule has 0 aliphatic heterocycles. The third-order valence-electron chi connectivity index (χ3n) is 3.66. The van der Waals surface area contributed by atoms with E-state index in [1.807, 2.05) is 0 Å². The van der Waals surface area contributed by atoms with Gasteiger partial charge in [-0.3, -0.25) is 4.79 Å². The zero-order chi connectivity index (χ0) is 14.4. The summed E-state index contributed by atoms with van der Waals surface area (Å²) in [5, 5.41) is 0. The molecule has 0 unspecified atom stereocenters. The van der Waals surface area contributed by atoms with Crippen molar-refractivity contribution >= 4 is 5.97 Å². The van der Waals surface area contributed by atoms with Crippen LogP contribution < -0.4 is 0 Å². The van der Waals surface area contributed by atoms with E-state index in [2.05, 4.69) is 39.8 Å². The Morgan fingerprint density at radius 2 is 1.89 bits per heavy atom. The van der Waals surface area contributed by atoms with Crippen molar-refractivity contribution in [3.8, 4) is 0 Å². The van der Waals surface area contributed by atoms with Crippen molar-refractivity contribution in [1.82, 2.24) is 0 Å². The van der Waals surface area contributed by atoms with E-state index in [0.29, 0.717) is 0 Å². The molecule has 106 valence electrons. The maximum absolute atomic E-state index is 11.3. The fraction of sp³-hybridized carbons (Fsp3) is 0.588. The molecule has 0 saturated heterocycles. The first-order valence-electron chi connectivity index (χ1n) is 7.05. The van der Waals surface area contributed by atoms with Crippen molar-refractivity contribution in [3.63, 3.8) is 0 Å². The van der Waals surface area contributed by atoms with Gasteiger partial charge in [-0.1, -0.05) is 28.9 Å². The zero-order valence-electron chi connectivity index (χ0n) is 12.9. The molecule has 0 amide bonds. The molecule has 0 bridgehead atoms. The standard InChI is InChI=1S/C17H26O2/c1-12(2)16-10-9-13(3)7-6-8-14(4)17(11-16)19-15(5)18/h8-9,17H,6-7,10-11H2,1-5H3/t17-/m1/s1. The topological polar surface area (TPSA) is 26.3 Å².